The molecule has 1 atom stereocenters. The molecule has 1 heterocycles. The van der Waals surface area contributed by atoms with Gasteiger partial charge in [-0.15, -0.1) is 0 Å². The van der Waals surface area contributed by atoms with Crippen LogP contribution in [0, 0.1) is 0 Å². The maximum atomic E-state index is 5.98. The molecule has 0 spiro atoms. The molecule has 2 aromatic carbocycles. The maximum Gasteiger partial charge on any atom is 0.127 e. The van der Waals surface area contributed by atoms with Crippen LogP contribution in [0.15, 0.2) is 42.5 Å². The van der Waals surface area contributed by atoms with Gasteiger partial charge in [0.05, 0.1) is 6.61 Å². The molecule has 1 N–H and O–H groups in total. The molecule has 0 amide bonds. The lowest BCUT2D eigenvalue weighted by Crippen LogP contribution is -2.35. The van der Waals surface area contributed by atoms with E-state index in [1.807, 2.05) is 0 Å². The first-order valence-corrected chi connectivity index (χ1v) is 7.27. The van der Waals surface area contributed by atoms with Crippen molar-refractivity contribution in [2.45, 2.75) is 31.7 Å². The fourth-order valence-electron chi connectivity index (χ4n) is 2.80. The largest absolute Gasteiger partial charge is 0.493 e. The highest BCUT2D eigenvalue weighted by Crippen LogP contribution is 2.25. The second-order valence-corrected chi connectivity index (χ2v) is 5.26. The second kappa shape index (κ2) is 6.07. The zero-order valence-electron chi connectivity index (χ0n) is 11.3. The van der Waals surface area contributed by atoms with E-state index in [0.717, 1.165) is 18.8 Å². The summed E-state index contributed by atoms with van der Waals surface area (Å²) >= 11 is 0. The molecule has 2 heteroatoms. The van der Waals surface area contributed by atoms with Crippen LogP contribution in [-0.2, 0) is 0 Å². The lowest BCUT2D eigenvalue weighted by Gasteiger charge is -2.23. The normalized spacial score (nSPS) is 19.5. The first-order valence-electron chi connectivity index (χ1n) is 7.27. The molecule has 1 fully saturated rings. The van der Waals surface area contributed by atoms with Crippen molar-refractivity contribution < 1.29 is 4.74 Å². The fourth-order valence-corrected chi connectivity index (χ4v) is 2.80. The average molecular weight is 255 g/mol. The number of ether oxygens (including phenoxy) is 1. The first kappa shape index (κ1) is 12.5. The van der Waals surface area contributed by atoms with Gasteiger partial charge in [0.1, 0.15) is 5.75 Å². The van der Waals surface area contributed by atoms with Crippen LogP contribution in [-0.4, -0.2) is 19.2 Å². The summed E-state index contributed by atoms with van der Waals surface area (Å²) in [6, 6.07) is 15.3. The maximum absolute atomic E-state index is 5.98. The Bertz CT molecular complexity index is 526. The van der Waals surface area contributed by atoms with Crippen LogP contribution in [0.1, 0.15) is 25.7 Å². The van der Waals surface area contributed by atoms with Crippen molar-refractivity contribution in [1.82, 2.24) is 5.32 Å². The average Bonchev–Trinajstić information content (AvgIpc) is 2.49. The minimum Gasteiger partial charge on any atom is -0.493 e. The van der Waals surface area contributed by atoms with Gasteiger partial charge < -0.3 is 10.1 Å². The molecule has 1 aliphatic rings. The number of fused-ring (bicyclic) bond motifs is 1. The molecule has 0 unspecified atom stereocenters. The Morgan fingerprint density at radius 2 is 1.95 bits per heavy atom. The number of rotatable bonds is 4. The number of piperidine rings is 1. The van der Waals surface area contributed by atoms with Gasteiger partial charge in [0.15, 0.2) is 0 Å². The molecule has 0 aliphatic carbocycles. The number of hydrogen-bond donors (Lipinski definition) is 1. The quantitative estimate of drug-likeness (QED) is 0.898. The standard InChI is InChI=1S/C17H21NO/c1-2-9-16-14(6-1)7-5-10-17(16)19-13-11-15-8-3-4-12-18-15/h1-2,5-7,9-10,15,18H,3-4,8,11-13H2/t15-/m1/s1. The van der Waals surface area contributed by atoms with Gasteiger partial charge in [-0.25, -0.2) is 0 Å². The number of hydrogen-bond acceptors (Lipinski definition) is 2. The molecule has 0 saturated carbocycles. The molecule has 100 valence electrons. The monoisotopic (exact) mass is 255 g/mol. The van der Waals surface area contributed by atoms with Crippen molar-refractivity contribution in [2.24, 2.45) is 0 Å². The lowest BCUT2D eigenvalue weighted by atomic mass is 10.0. The Morgan fingerprint density at radius 1 is 1.05 bits per heavy atom. The van der Waals surface area contributed by atoms with Gasteiger partial charge in [0, 0.05) is 11.4 Å². The first-order chi connectivity index (χ1) is 9.43. The van der Waals surface area contributed by atoms with E-state index in [0.29, 0.717) is 6.04 Å². The smallest absolute Gasteiger partial charge is 0.127 e. The van der Waals surface area contributed by atoms with Crippen molar-refractivity contribution in [3.8, 4) is 5.75 Å². The predicted octanol–water partition coefficient (Wildman–Crippen LogP) is 3.75. The Hall–Kier alpha value is -1.54. The van der Waals surface area contributed by atoms with Crippen LogP contribution in [0.5, 0.6) is 5.75 Å². The van der Waals surface area contributed by atoms with Crippen LogP contribution in [0.4, 0.5) is 0 Å². The van der Waals surface area contributed by atoms with E-state index in [1.165, 1.54) is 36.6 Å². The number of benzene rings is 2. The molecule has 19 heavy (non-hydrogen) atoms. The van der Waals surface area contributed by atoms with Gasteiger partial charge in [0.2, 0.25) is 0 Å². The van der Waals surface area contributed by atoms with Crippen LogP contribution >= 0.6 is 0 Å². The van der Waals surface area contributed by atoms with E-state index >= 15 is 0 Å². The molecule has 0 radical (unpaired) electrons. The van der Waals surface area contributed by atoms with Crippen molar-refractivity contribution in [3.05, 3.63) is 42.5 Å². The Labute approximate surface area is 114 Å². The van der Waals surface area contributed by atoms with Gasteiger partial charge >= 0.3 is 0 Å². The second-order valence-electron chi connectivity index (χ2n) is 5.26. The number of nitrogens with one attached hydrogen (secondary N) is 1. The van der Waals surface area contributed by atoms with E-state index < -0.39 is 0 Å². The highest BCUT2D eigenvalue weighted by Gasteiger charge is 2.12. The zero-order valence-corrected chi connectivity index (χ0v) is 11.3. The third-order valence-electron chi connectivity index (χ3n) is 3.89. The Kier molecular flexibility index (Phi) is 3.99. The summed E-state index contributed by atoms with van der Waals surface area (Å²) in [5, 5.41) is 6.02. The van der Waals surface area contributed by atoms with E-state index in [-0.39, 0.29) is 0 Å². The highest BCUT2D eigenvalue weighted by molar-refractivity contribution is 5.88. The van der Waals surface area contributed by atoms with E-state index in [2.05, 4.69) is 47.8 Å². The van der Waals surface area contributed by atoms with Gasteiger partial charge in [0.25, 0.3) is 0 Å². The SMILES string of the molecule is c1ccc2c(OCC[C@H]3CCCCN3)cccc2c1. The van der Waals surface area contributed by atoms with Crippen molar-refractivity contribution >= 4 is 10.8 Å². The van der Waals surface area contributed by atoms with Crippen LogP contribution in [0.3, 0.4) is 0 Å². The summed E-state index contributed by atoms with van der Waals surface area (Å²) in [6.07, 6.45) is 5.06. The third-order valence-corrected chi connectivity index (χ3v) is 3.89. The molecule has 1 saturated heterocycles. The molecular formula is C17H21NO. The van der Waals surface area contributed by atoms with Crippen LogP contribution in [0.2, 0.25) is 0 Å². The van der Waals surface area contributed by atoms with Crippen molar-refractivity contribution in [2.75, 3.05) is 13.2 Å². The third kappa shape index (κ3) is 3.07. The molecule has 2 nitrogen and oxygen atoms in total. The Balaban J connectivity index is 1.62. The summed E-state index contributed by atoms with van der Waals surface area (Å²) < 4.78 is 5.98. The molecule has 3 rings (SSSR count). The minimum absolute atomic E-state index is 0.642. The predicted molar refractivity (Wildman–Crippen MR) is 79.7 cm³/mol. The molecule has 0 aromatic heterocycles. The molecular weight excluding hydrogens is 234 g/mol. The molecule has 0 bridgehead atoms. The van der Waals surface area contributed by atoms with E-state index in [1.54, 1.807) is 0 Å². The summed E-state index contributed by atoms with van der Waals surface area (Å²) in [4.78, 5) is 0. The van der Waals surface area contributed by atoms with Crippen molar-refractivity contribution in [3.63, 3.8) is 0 Å². The summed E-state index contributed by atoms with van der Waals surface area (Å²) in [5.74, 6) is 1.01. The van der Waals surface area contributed by atoms with E-state index in [4.69, 9.17) is 4.74 Å². The van der Waals surface area contributed by atoms with Crippen LogP contribution < -0.4 is 10.1 Å². The van der Waals surface area contributed by atoms with Gasteiger partial charge in [-0.1, -0.05) is 42.8 Å². The highest BCUT2D eigenvalue weighted by atomic mass is 16.5. The van der Waals surface area contributed by atoms with Crippen LogP contribution in [0.25, 0.3) is 10.8 Å². The lowest BCUT2D eigenvalue weighted by molar-refractivity contribution is 0.270. The summed E-state index contributed by atoms with van der Waals surface area (Å²) in [6.45, 7) is 1.96. The topological polar surface area (TPSA) is 21.3 Å². The van der Waals surface area contributed by atoms with E-state index in [9.17, 15) is 0 Å². The van der Waals surface area contributed by atoms with Gasteiger partial charge in [-0.05, 0) is 37.3 Å². The molecule has 1 aliphatic heterocycles. The van der Waals surface area contributed by atoms with Gasteiger partial charge in [-0.3, -0.25) is 0 Å². The summed E-state index contributed by atoms with van der Waals surface area (Å²) in [7, 11) is 0. The Morgan fingerprint density at radius 3 is 2.84 bits per heavy atom. The minimum atomic E-state index is 0.642. The molecule has 2 aromatic rings. The zero-order chi connectivity index (χ0) is 12.9. The fraction of sp³-hybridized carbons (Fsp3) is 0.412. The summed E-state index contributed by atoms with van der Waals surface area (Å²) in [5.41, 5.74) is 0. The van der Waals surface area contributed by atoms with Gasteiger partial charge in [-0.2, -0.15) is 0 Å². The van der Waals surface area contributed by atoms with Crippen molar-refractivity contribution in [1.29, 1.82) is 0 Å².